The van der Waals surface area contributed by atoms with Crippen LogP contribution in [-0.4, -0.2) is 0 Å². The maximum absolute atomic E-state index is 9.83. The van der Waals surface area contributed by atoms with Gasteiger partial charge in [-0.1, -0.05) is 12.2 Å². The number of rotatable bonds is 0. The van der Waals surface area contributed by atoms with Gasteiger partial charge in [0.1, 0.15) is 0 Å². The molecule has 0 spiro atoms. The van der Waals surface area contributed by atoms with E-state index in [0.717, 1.165) is 0 Å². The molecular formula is HClIOPS. The van der Waals surface area contributed by atoms with Crippen molar-refractivity contribution >= 4 is 48.9 Å². The molecule has 5 heteroatoms. The fraction of sp³-hybridized carbons (Fsp3) is 0. The highest BCUT2D eigenvalue weighted by Gasteiger charge is 1.98. The third-order valence-electron chi connectivity index (χ3n) is 0. The Kier molecular flexibility index (Phi) is 2.71. The smallest absolute Gasteiger partial charge is 0.274 e. The van der Waals surface area contributed by atoms with Gasteiger partial charge in [-0.3, -0.25) is 4.57 Å². The largest absolute Gasteiger partial charge is 0.284 e. The van der Waals surface area contributed by atoms with Crippen LogP contribution < -0.4 is 0 Å². The second kappa shape index (κ2) is 2.05. The minimum Gasteiger partial charge on any atom is -0.284 e. The number of hydrogen-bond acceptors (Lipinski definition) is 1. The van der Waals surface area contributed by atoms with Gasteiger partial charge in [-0.25, -0.2) is 0 Å². The van der Waals surface area contributed by atoms with E-state index >= 15 is 0 Å². The zero-order chi connectivity index (χ0) is 4.50. The monoisotopic (exact) mass is 242 g/mol. The maximum Gasteiger partial charge on any atom is 0.274 e. The van der Waals surface area contributed by atoms with Crippen molar-refractivity contribution in [3.8, 4) is 0 Å². The molecule has 0 aliphatic heterocycles. The van der Waals surface area contributed by atoms with E-state index in [1.165, 1.54) is 0 Å². The van der Waals surface area contributed by atoms with Crippen LogP contribution in [0.1, 0.15) is 0 Å². The van der Waals surface area contributed by atoms with Crippen LogP contribution in [0.2, 0.25) is 0 Å². The average Bonchev–Trinajstić information content (AvgIpc) is 0.722. The predicted octanol–water partition coefficient (Wildman–Crippen LogP) is 2.70. The van der Waals surface area contributed by atoms with Crippen molar-refractivity contribution in [3.05, 3.63) is 0 Å². The van der Waals surface area contributed by atoms with Gasteiger partial charge in [-0.2, -0.15) is 0 Å². The molecule has 1 atom stereocenters. The van der Waals surface area contributed by atoms with Crippen molar-refractivity contribution in [1.82, 2.24) is 0 Å². The van der Waals surface area contributed by atoms with Crippen LogP contribution in [0.25, 0.3) is 0 Å². The van der Waals surface area contributed by atoms with Crippen molar-refractivity contribution in [2.45, 2.75) is 0 Å². The minimum atomic E-state index is -2.50. The van der Waals surface area contributed by atoms with Crippen LogP contribution in [0.4, 0.5) is 0 Å². The molecule has 5 heavy (non-hydrogen) atoms. The molecule has 0 aliphatic rings. The van der Waals surface area contributed by atoms with Gasteiger partial charge < -0.3 is 0 Å². The number of halogens is 2. The quantitative estimate of drug-likeness (QED) is 0.393. The molecule has 1 unspecified atom stereocenters. The molecule has 0 rings (SSSR count). The fourth-order valence-corrected chi connectivity index (χ4v) is 0. The highest BCUT2D eigenvalue weighted by molar-refractivity contribution is 14.2. The minimum absolute atomic E-state index is 1.56. The lowest BCUT2D eigenvalue weighted by atomic mass is 16.0. The van der Waals surface area contributed by atoms with Crippen LogP contribution in [-0.2, 0) is 4.57 Å². The van der Waals surface area contributed by atoms with Gasteiger partial charge >= 0.3 is 0 Å². The van der Waals surface area contributed by atoms with Gasteiger partial charge in [0.2, 0.25) is 0 Å². The highest BCUT2D eigenvalue weighted by Crippen LogP contribution is 2.63. The summed E-state index contributed by atoms with van der Waals surface area (Å²) in [6.07, 6.45) is 0. The van der Waals surface area contributed by atoms with Crippen molar-refractivity contribution < 1.29 is 4.57 Å². The summed E-state index contributed by atoms with van der Waals surface area (Å²) in [5.41, 5.74) is 0. The van der Waals surface area contributed by atoms with Gasteiger partial charge in [0.15, 0.2) is 0 Å². The first-order chi connectivity index (χ1) is 2.00. The molecule has 0 saturated carbocycles. The molecule has 0 aromatic heterocycles. The molecule has 0 amide bonds. The molecule has 0 fully saturated rings. The van der Waals surface area contributed by atoms with E-state index in [2.05, 4.69) is 12.2 Å². The van der Waals surface area contributed by atoms with Gasteiger partial charge in [-0.15, -0.1) is 0 Å². The van der Waals surface area contributed by atoms with Crippen LogP contribution in [0.5, 0.6) is 0 Å². The third kappa shape index (κ3) is 28.3. The van der Waals surface area contributed by atoms with Crippen molar-refractivity contribution in [2.24, 2.45) is 0 Å². The van der Waals surface area contributed by atoms with E-state index in [-0.39, 0.29) is 0 Å². The Morgan fingerprint density at radius 1 is 2.00 bits per heavy atom. The fourth-order valence-electron chi connectivity index (χ4n) is 0. The van der Waals surface area contributed by atoms with Crippen molar-refractivity contribution in [3.63, 3.8) is 0 Å². The Hall–Kier alpha value is 1.60. The van der Waals surface area contributed by atoms with Crippen molar-refractivity contribution in [1.29, 1.82) is 0 Å². The lowest BCUT2D eigenvalue weighted by Crippen LogP contribution is -1.18. The van der Waals surface area contributed by atoms with E-state index < -0.39 is 3.34 Å². The summed E-state index contributed by atoms with van der Waals surface area (Å²) in [4.78, 5) is 0. The molecule has 0 N–H and O–H groups in total. The Balaban J connectivity index is 3.47. The molecule has 0 bridgehead atoms. The Labute approximate surface area is 53.3 Å². The summed E-state index contributed by atoms with van der Waals surface area (Å²) >= 11 is 9.93. The third-order valence-corrected chi connectivity index (χ3v) is 0. The van der Waals surface area contributed by atoms with Crippen LogP contribution in [0.3, 0.4) is 0 Å². The summed E-state index contributed by atoms with van der Waals surface area (Å²) in [6, 6.07) is 0. The Morgan fingerprint density at radius 2 is 2.00 bits per heavy atom. The Bertz CT molecular complexity index is 57.8. The molecule has 32 valence electrons. The lowest BCUT2D eigenvalue weighted by Gasteiger charge is -1.78. The van der Waals surface area contributed by atoms with Gasteiger partial charge in [0, 0.05) is 22.0 Å². The highest BCUT2D eigenvalue weighted by atomic mass is 127. The van der Waals surface area contributed by atoms with E-state index in [1.54, 1.807) is 22.0 Å². The zero-order valence-electron chi connectivity index (χ0n) is 2.06. The predicted molar refractivity (Wildman–Crippen MR) is 36.5 cm³/mol. The average molecular weight is 242 g/mol. The van der Waals surface area contributed by atoms with Crippen LogP contribution in [0, 0.1) is 0 Å². The van der Waals surface area contributed by atoms with Gasteiger partial charge in [-0.05, 0) is 11.2 Å². The standard InChI is InChI=1S/ClHIOPS/c1-4(2,3)5/h(H,3,5). The normalized spacial score (nSPS) is 21.4. The van der Waals surface area contributed by atoms with E-state index in [0.29, 0.717) is 0 Å². The van der Waals surface area contributed by atoms with E-state index in [9.17, 15) is 4.57 Å². The molecule has 1 nitrogen and oxygen atoms in total. The zero-order valence-corrected chi connectivity index (χ0v) is 6.76. The topological polar surface area (TPSA) is 17.1 Å². The first-order valence-electron chi connectivity index (χ1n) is 0.721. The SMILES string of the molecule is O=P(S)(Cl)I. The van der Waals surface area contributed by atoms with Crippen molar-refractivity contribution in [2.75, 3.05) is 0 Å². The molecule has 0 aromatic rings. The second-order valence-corrected chi connectivity index (χ2v) is 13.2. The first-order valence-corrected chi connectivity index (χ1v) is 7.27. The molecule has 0 radical (unpaired) electrons. The summed E-state index contributed by atoms with van der Waals surface area (Å²) in [7, 11) is 0. The second-order valence-electron chi connectivity index (χ2n) is 0.435. The summed E-state index contributed by atoms with van der Waals surface area (Å²) in [5.74, 6) is 0. The summed E-state index contributed by atoms with van der Waals surface area (Å²) in [6.45, 7) is 0. The Morgan fingerprint density at radius 3 is 2.00 bits per heavy atom. The maximum atomic E-state index is 9.83. The summed E-state index contributed by atoms with van der Waals surface area (Å²) < 4.78 is 7.33. The van der Waals surface area contributed by atoms with E-state index in [4.69, 9.17) is 11.2 Å². The van der Waals surface area contributed by atoms with Crippen LogP contribution >= 0.6 is 48.9 Å². The number of thiol groups is 1. The molecule has 0 aromatic carbocycles. The molecule has 0 aliphatic carbocycles. The summed E-state index contributed by atoms with van der Waals surface area (Å²) in [5, 5.41) is 0. The molecular weight excluding hydrogens is 241 g/mol. The van der Waals surface area contributed by atoms with Gasteiger partial charge in [0.05, 0.1) is 0 Å². The lowest BCUT2D eigenvalue weighted by molar-refractivity contribution is 0.602. The molecule has 0 heterocycles. The molecule has 0 saturated heterocycles. The number of hydrogen-bond donors (Lipinski definition) is 1. The first kappa shape index (κ1) is 6.60. The van der Waals surface area contributed by atoms with E-state index in [1.807, 2.05) is 0 Å². The van der Waals surface area contributed by atoms with Gasteiger partial charge in [0.25, 0.3) is 3.34 Å². The van der Waals surface area contributed by atoms with Crippen LogP contribution in [0.15, 0.2) is 0 Å².